The molecule has 0 atom stereocenters. The molecule has 10 heteroatoms. The summed E-state index contributed by atoms with van der Waals surface area (Å²) >= 11 is 0. The van der Waals surface area contributed by atoms with E-state index in [2.05, 4.69) is 70.9 Å². The van der Waals surface area contributed by atoms with Crippen LogP contribution < -0.4 is 16.2 Å². The number of hydrogen-bond acceptors (Lipinski definition) is 7. The average Bonchev–Trinajstić information content (AvgIpc) is 3.18. The zero-order valence-electron chi connectivity index (χ0n) is 36.6. The minimum absolute atomic E-state index is 0.00429. The van der Waals surface area contributed by atoms with E-state index >= 15 is 0 Å². The third-order valence-corrected chi connectivity index (χ3v) is 11.3. The van der Waals surface area contributed by atoms with Gasteiger partial charge in [0.05, 0.1) is 5.69 Å². The Kier molecular flexibility index (Phi) is 14.4. The summed E-state index contributed by atoms with van der Waals surface area (Å²) in [6, 6.07) is 20.6. The summed E-state index contributed by atoms with van der Waals surface area (Å²) in [6.07, 6.45) is 6.10. The number of hydrogen-bond donors (Lipinski definition) is 2. The Bertz CT molecular complexity index is 2070. The number of amides is 2. The molecule has 2 amide bonds. The van der Waals surface area contributed by atoms with Crippen molar-refractivity contribution in [1.29, 1.82) is 0 Å². The van der Waals surface area contributed by atoms with Crippen molar-refractivity contribution in [2.45, 2.75) is 93.4 Å². The van der Waals surface area contributed by atoms with Gasteiger partial charge in [-0.1, -0.05) is 79.7 Å². The maximum Gasteiger partial charge on any atom is 0.293 e. The molecule has 58 heavy (non-hydrogen) atoms. The van der Waals surface area contributed by atoms with Crippen molar-refractivity contribution in [3.63, 3.8) is 0 Å². The first-order valence-corrected chi connectivity index (χ1v) is 20.9. The lowest BCUT2D eigenvalue weighted by molar-refractivity contribution is 0.0585. The number of ether oxygens (including phenoxy) is 1. The lowest BCUT2D eigenvalue weighted by Crippen LogP contribution is -2.49. The van der Waals surface area contributed by atoms with Gasteiger partial charge in [-0.15, -0.1) is 0 Å². The molecule has 0 aliphatic carbocycles. The number of nitrogens with zero attached hydrogens (tertiary/aromatic N) is 4. The highest BCUT2D eigenvalue weighted by Crippen LogP contribution is 2.38. The molecule has 1 saturated heterocycles. The Labute approximate surface area is 346 Å². The van der Waals surface area contributed by atoms with E-state index in [9.17, 15) is 14.4 Å². The van der Waals surface area contributed by atoms with Crippen molar-refractivity contribution in [2.24, 2.45) is 17.9 Å². The fourth-order valence-corrected chi connectivity index (χ4v) is 7.90. The van der Waals surface area contributed by atoms with Crippen LogP contribution in [0.3, 0.4) is 0 Å². The average molecular weight is 791 g/mol. The third kappa shape index (κ3) is 11.9. The van der Waals surface area contributed by atoms with Gasteiger partial charge >= 0.3 is 0 Å². The van der Waals surface area contributed by atoms with Gasteiger partial charge in [-0.2, -0.15) is 0 Å². The number of carbonyl (C=O) groups is 2. The zero-order valence-corrected chi connectivity index (χ0v) is 36.6. The zero-order chi connectivity index (χ0) is 42.3. The van der Waals surface area contributed by atoms with E-state index in [-0.39, 0.29) is 39.4 Å². The van der Waals surface area contributed by atoms with E-state index in [1.54, 1.807) is 25.4 Å². The van der Waals surface area contributed by atoms with Crippen LogP contribution in [0, 0.1) is 17.8 Å². The van der Waals surface area contributed by atoms with Crippen molar-refractivity contribution in [2.75, 3.05) is 56.6 Å². The van der Waals surface area contributed by atoms with Gasteiger partial charge in [-0.3, -0.25) is 19.3 Å². The van der Waals surface area contributed by atoms with Crippen LogP contribution in [0.4, 0.5) is 17.2 Å². The van der Waals surface area contributed by atoms with Crippen LogP contribution in [-0.2, 0) is 17.2 Å². The van der Waals surface area contributed by atoms with E-state index in [1.165, 1.54) is 4.57 Å². The number of rotatable bonds is 16. The first-order valence-electron chi connectivity index (χ1n) is 20.9. The Morgan fingerprint density at radius 1 is 0.810 bits per heavy atom. The molecule has 5 rings (SSSR count). The van der Waals surface area contributed by atoms with Gasteiger partial charge in [0.15, 0.2) is 5.82 Å². The van der Waals surface area contributed by atoms with Crippen LogP contribution in [-0.4, -0.2) is 77.1 Å². The second kappa shape index (κ2) is 18.9. The molecule has 2 heterocycles. The monoisotopic (exact) mass is 791 g/mol. The van der Waals surface area contributed by atoms with Gasteiger partial charge < -0.3 is 24.8 Å². The smallest absolute Gasteiger partial charge is 0.293 e. The Morgan fingerprint density at radius 2 is 1.45 bits per heavy atom. The molecular formula is C48H66N6O4. The van der Waals surface area contributed by atoms with Crippen LogP contribution in [0.5, 0.6) is 0 Å². The Hall–Kier alpha value is -4.80. The first kappa shape index (κ1) is 44.3. The van der Waals surface area contributed by atoms with Crippen molar-refractivity contribution < 1.29 is 14.3 Å². The maximum absolute atomic E-state index is 13.5. The van der Waals surface area contributed by atoms with Crippen molar-refractivity contribution in [3.05, 3.63) is 106 Å². The number of aromatic nitrogens is 2. The summed E-state index contributed by atoms with van der Waals surface area (Å²) in [7, 11) is 1.69. The molecule has 0 bridgehead atoms. The second-order valence-corrected chi connectivity index (χ2v) is 18.6. The molecule has 4 aromatic rings. The van der Waals surface area contributed by atoms with Gasteiger partial charge in [0.25, 0.3) is 17.4 Å². The highest BCUT2D eigenvalue weighted by Gasteiger charge is 2.30. The van der Waals surface area contributed by atoms with E-state index in [0.29, 0.717) is 41.3 Å². The number of anilines is 3. The molecule has 0 saturated carbocycles. The topological polar surface area (TPSA) is 109 Å². The molecule has 10 nitrogen and oxygen atoms in total. The quantitative estimate of drug-likeness (QED) is 0.109. The number of benzene rings is 3. The lowest BCUT2D eigenvalue weighted by atomic mass is 9.72. The van der Waals surface area contributed by atoms with E-state index in [1.807, 2.05) is 66.4 Å². The summed E-state index contributed by atoms with van der Waals surface area (Å²) in [5, 5.41) is 6.23. The van der Waals surface area contributed by atoms with Crippen LogP contribution in [0.15, 0.2) is 77.7 Å². The summed E-state index contributed by atoms with van der Waals surface area (Å²) in [5.74, 6) is -0.0232. The number of carbonyl (C=O) groups excluding carboxylic acids is 2. The Balaban J connectivity index is 1.17. The predicted octanol–water partition coefficient (Wildman–Crippen LogP) is 9.46. The normalized spacial score (nSPS) is 14.1. The highest BCUT2D eigenvalue weighted by molar-refractivity contribution is 6.05. The third-order valence-electron chi connectivity index (χ3n) is 11.3. The van der Waals surface area contributed by atoms with Gasteiger partial charge in [0.1, 0.15) is 0 Å². The number of nitrogens with one attached hydrogen (secondary N) is 2. The molecular weight excluding hydrogens is 725 g/mol. The lowest BCUT2D eigenvalue weighted by Gasteiger charge is -2.39. The molecule has 0 spiro atoms. The summed E-state index contributed by atoms with van der Waals surface area (Å²) in [5.41, 5.74) is 6.03. The molecule has 3 aromatic carbocycles. The fourth-order valence-electron chi connectivity index (χ4n) is 7.90. The SMILES string of the molecule is CCCOCCC(C)(C)CC(C)(C)CCN1CCN(C(=O)c2ccc(Nc3nc(-c4cccc(NC(=O)c5ccc(C(C)(C)C)cc5)c4C)cn(C)c3=O)cc2)CC1. The molecule has 1 fully saturated rings. The number of aryl methyl sites for hydroxylation is 1. The van der Waals surface area contributed by atoms with Crippen molar-refractivity contribution in [1.82, 2.24) is 19.4 Å². The van der Waals surface area contributed by atoms with E-state index in [4.69, 9.17) is 9.72 Å². The molecule has 1 aliphatic heterocycles. The maximum atomic E-state index is 13.5. The van der Waals surface area contributed by atoms with Crippen molar-refractivity contribution in [3.8, 4) is 11.3 Å². The van der Waals surface area contributed by atoms with E-state index in [0.717, 1.165) is 75.2 Å². The second-order valence-electron chi connectivity index (χ2n) is 18.6. The molecule has 1 aliphatic rings. The highest BCUT2D eigenvalue weighted by atomic mass is 16.5. The van der Waals surface area contributed by atoms with Crippen LogP contribution in [0.25, 0.3) is 11.3 Å². The minimum atomic E-state index is -0.285. The molecule has 1 aromatic heterocycles. The summed E-state index contributed by atoms with van der Waals surface area (Å²) in [6.45, 7) is 25.8. The van der Waals surface area contributed by atoms with Crippen LogP contribution >= 0.6 is 0 Å². The molecule has 0 radical (unpaired) electrons. The molecule has 2 N–H and O–H groups in total. The van der Waals surface area contributed by atoms with Gasteiger partial charge in [-0.25, -0.2) is 4.98 Å². The van der Waals surface area contributed by atoms with Crippen molar-refractivity contribution >= 4 is 29.0 Å². The summed E-state index contributed by atoms with van der Waals surface area (Å²) < 4.78 is 7.27. The molecule has 0 unspecified atom stereocenters. The van der Waals surface area contributed by atoms with Gasteiger partial charge in [0.2, 0.25) is 0 Å². The van der Waals surface area contributed by atoms with Crippen LogP contribution in [0.2, 0.25) is 0 Å². The van der Waals surface area contributed by atoms with E-state index < -0.39 is 0 Å². The summed E-state index contributed by atoms with van der Waals surface area (Å²) in [4.78, 5) is 49.1. The van der Waals surface area contributed by atoms with Crippen LogP contribution in [0.1, 0.15) is 113 Å². The molecule has 312 valence electrons. The number of piperazine rings is 1. The van der Waals surface area contributed by atoms with Gasteiger partial charge in [0, 0.05) is 80.7 Å². The largest absolute Gasteiger partial charge is 0.381 e. The Morgan fingerprint density at radius 3 is 2.09 bits per heavy atom. The van der Waals surface area contributed by atoms with Gasteiger partial charge in [-0.05, 0) is 109 Å². The predicted molar refractivity (Wildman–Crippen MR) is 237 cm³/mol. The minimum Gasteiger partial charge on any atom is -0.381 e. The first-order chi connectivity index (χ1) is 27.4. The standard InChI is InChI=1S/C48H66N6O4/c1-11-30-58-31-24-48(8,9)33-47(6,7)23-25-53-26-28-54(29-27-53)44(56)36-17-21-38(22-18-36)49-42-45(57)52(10)32-41(50-42)39-13-12-14-40(34(39)2)51-43(55)35-15-19-37(20-16-35)46(3,4)5/h12-22,32H,11,23-31,33H2,1-10H3,(H,49,50)(H,51,55). The fraction of sp³-hybridized carbons (Fsp3) is 0.500.